The molecule has 0 saturated heterocycles. The second-order valence-corrected chi connectivity index (χ2v) is 11.2. The van der Waals surface area contributed by atoms with Gasteiger partial charge in [-0.25, -0.2) is 0 Å². The summed E-state index contributed by atoms with van der Waals surface area (Å²) in [6.07, 6.45) is 0. The highest BCUT2D eigenvalue weighted by atomic mass is 28.4. The van der Waals surface area contributed by atoms with Crippen LogP contribution in [0.5, 0.6) is 0 Å². The van der Waals surface area contributed by atoms with Crippen LogP contribution in [0.15, 0.2) is 12.3 Å². The molecule has 0 radical (unpaired) electrons. The fourth-order valence-corrected chi connectivity index (χ4v) is 9.64. The molecule has 0 aromatic rings. The third-order valence-corrected chi connectivity index (χ3v) is 10.1. The van der Waals surface area contributed by atoms with Gasteiger partial charge in [-0.3, -0.25) is 19.2 Å². The molecule has 0 amide bonds. The van der Waals surface area contributed by atoms with Crippen molar-refractivity contribution in [2.75, 3.05) is 0 Å². The molecule has 0 spiro atoms. The van der Waals surface area contributed by atoms with E-state index >= 15 is 0 Å². The molecule has 8 nitrogen and oxygen atoms in total. The molecule has 0 aromatic carbocycles. The third-order valence-electron chi connectivity index (χ3n) is 2.23. The summed E-state index contributed by atoms with van der Waals surface area (Å²) in [6.45, 7) is 9.57. The van der Waals surface area contributed by atoms with E-state index in [2.05, 4.69) is 6.58 Å². The molecule has 0 rings (SSSR count). The van der Waals surface area contributed by atoms with Gasteiger partial charge in [-0.15, -0.1) is 6.58 Å². The van der Waals surface area contributed by atoms with Gasteiger partial charge in [0.2, 0.25) is 0 Å². The van der Waals surface area contributed by atoms with E-state index in [0.29, 0.717) is 0 Å². The Morgan fingerprint density at radius 2 is 1.14 bits per heavy atom. The third kappa shape index (κ3) is 7.17. The molecule has 0 aromatic heterocycles. The Hall–Kier alpha value is -1.95. The molecule has 0 aliphatic carbocycles. The van der Waals surface area contributed by atoms with E-state index in [4.69, 9.17) is 17.7 Å². The van der Waals surface area contributed by atoms with Gasteiger partial charge in [-0.1, -0.05) is 0 Å². The van der Waals surface area contributed by atoms with Crippen LogP contribution in [0, 0.1) is 0 Å². The number of carbonyl (C=O) groups is 4. The number of carbonyl (C=O) groups excluding carboxylic acids is 4. The van der Waals surface area contributed by atoms with Crippen molar-refractivity contribution < 1.29 is 36.9 Å². The first kappa shape index (κ1) is 20.1. The van der Waals surface area contributed by atoms with Gasteiger partial charge in [-0.2, -0.15) is 0 Å². The van der Waals surface area contributed by atoms with E-state index in [-0.39, 0.29) is 5.67 Å². The summed E-state index contributed by atoms with van der Waals surface area (Å²) in [5.41, 5.74) is 1.02. The summed E-state index contributed by atoms with van der Waals surface area (Å²) in [4.78, 5) is 45.1. The fourth-order valence-electron chi connectivity index (χ4n) is 1.88. The molecule has 124 valence electrons. The summed E-state index contributed by atoms with van der Waals surface area (Å²) in [7, 11) is -7.02. The average Bonchev–Trinajstić information content (AvgIpc) is 2.23. The summed E-state index contributed by atoms with van der Waals surface area (Å²) in [6, 6.07) is 0. The fraction of sp³-hybridized carbons (Fsp3) is 0.500. The molecule has 0 aliphatic heterocycles. The largest absolute Gasteiger partial charge is 0.495 e. The first-order valence-electron chi connectivity index (χ1n) is 6.35. The Morgan fingerprint density at radius 1 is 0.818 bits per heavy atom. The second kappa shape index (κ2) is 7.89. The van der Waals surface area contributed by atoms with E-state index in [9.17, 15) is 19.2 Å². The van der Waals surface area contributed by atoms with Crippen LogP contribution in [-0.2, 0) is 36.9 Å². The second-order valence-electron chi connectivity index (χ2n) is 4.70. The molecule has 10 heteroatoms. The van der Waals surface area contributed by atoms with Crippen molar-refractivity contribution in [3.8, 4) is 0 Å². The van der Waals surface area contributed by atoms with Crippen LogP contribution in [0.3, 0.4) is 0 Å². The van der Waals surface area contributed by atoms with Crippen molar-refractivity contribution >= 4 is 41.0 Å². The highest BCUT2D eigenvalue weighted by Gasteiger charge is 2.54. The predicted molar refractivity (Wildman–Crippen MR) is 79.4 cm³/mol. The van der Waals surface area contributed by atoms with Gasteiger partial charge in [0.05, 0.1) is 5.67 Å². The Balaban J connectivity index is 5.63. The van der Waals surface area contributed by atoms with Crippen LogP contribution >= 0.6 is 0 Å². The minimum absolute atomic E-state index is 0.193. The van der Waals surface area contributed by atoms with Crippen molar-refractivity contribution in [2.24, 2.45) is 0 Å². The maximum Gasteiger partial charge on any atom is 0.495 e. The smallest absolute Gasteiger partial charge is 0.485 e. The van der Waals surface area contributed by atoms with Crippen molar-refractivity contribution in [3.63, 3.8) is 0 Å². The van der Waals surface area contributed by atoms with E-state index < -0.39 is 41.0 Å². The first-order valence-corrected chi connectivity index (χ1v) is 11.0. The lowest BCUT2D eigenvalue weighted by Gasteiger charge is -2.32. The minimum atomic E-state index is -3.59. The van der Waals surface area contributed by atoms with Gasteiger partial charge in [0.1, 0.15) is 0 Å². The average molecular weight is 348 g/mol. The summed E-state index contributed by atoms with van der Waals surface area (Å²) in [5.74, 6) is -2.69. The zero-order chi connectivity index (χ0) is 17.6. The molecule has 0 atom stereocenters. The molecular weight excluding hydrogens is 328 g/mol. The summed E-state index contributed by atoms with van der Waals surface area (Å²) in [5, 5.41) is 0. The van der Waals surface area contributed by atoms with Gasteiger partial charge >= 0.3 is 17.1 Å². The van der Waals surface area contributed by atoms with Crippen LogP contribution in [0.25, 0.3) is 0 Å². The highest BCUT2D eigenvalue weighted by molar-refractivity contribution is 6.90. The molecular formula is C12H20O8Si2. The maximum atomic E-state index is 11.3. The maximum absolute atomic E-state index is 11.3. The molecule has 0 saturated carbocycles. The topological polar surface area (TPSA) is 105 Å². The molecule has 0 unspecified atom stereocenters. The van der Waals surface area contributed by atoms with Crippen LogP contribution in [0.4, 0.5) is 0 Å². The normalized spacial score (nSPS) is 11.1. The molecule has 0 N–H and O–H groups in total. The number of rotatable bonds is 7. The lowest BCUT2D eigenvalue weighted by molar-refractivity contribution is -0.139. The van der Waals surface area contributed by atoms with Gasteiger partial charge in [0, 0.05) is 34.2 Å². The SMILES string of the molecule is C=C[Si](C[Si](C)(OC(C)=O)OC(C)=O)(OC(C)=O)OC(C)=O. The monoisotopic (exact) mass is 348 g/mol. The lowest BCUT2D eigenvalue weighted by atomic mass is 10.9. The van der Waals surface area contributed by atoms with Crippen molar-refractivity contribution in [3.05, 3.63) is 12.3 Å². The molecule has 22 heavy (non-hydrogen) atoms. The highest BCUT2D eigenvalue weighted by Crippen LogP contribution is 2.26. The van der Waals surface area contributed by atoms with Crippen LogP contribution < -0.4 is 0 Å². The van der Waals surface area contributed by atoms with Crippen molar-refractivity contribution in [2.45, 2.75) is 39.9 Å². The Kier molecular flexibility index (Phi) is 7.19. The predicted octanol–water partition coefficient (Wildman–Crippen LogP) is 1.02. The van der Waals surface area contributed by atoms with Gasteiger partial charge in [0.15, 0.2) is 0 Å². The first-order chi connectivity index (χ1) is 9.93. The van der Waals surface area contributed by atoms with E-state index in [1.807, 2.05) is 0 Å². The van der Waals surface area contributed by atoms with E-state index in [1.54, 1.807) is 0 Å². The molecule has 0 aliphatic rings. The van der Waals surface area contributed by atoms with E-state index in [1.165, 1.54) is 12.2 Å². The summed E-state index contributed by atoms with van der Waals surface area (Å²) >= 11 is 0. The van der Waals surface area contributed by atoms with Gasteiger partial charge in [-0.05, 0) is 5.70 Å². The lowest BCUT2D eigenvalue weighted by Crippen LogP contribution is -2.54. The summed E-state index contributed by atoms with van der Waals surface area (Å²) < 4.78 is 20.6. The van der Waals surface area contributed by atoms with E-state index in [0.717, 1.165) is 27.7 Å². The minimum Gasteiger partial charge on any atom is -0.485 e. The quantitative estimate of drug-likeness (QED) is 0.628. The van der Waals surface area contributed by atoms with Crippen LogP contribution in [0.1, 0.15) is 27.7 Å². The number of hydrogen-bond acceptors (Lipinski definition) is 8. The van der Waals surface area contributed by atoms with Crippen molar-refractivity contribution in [1.29, 1.82) is 0 Å². The number of hydrogen-bond donors (Lipinski definition) is 0. The molecule has 0 bridgehead atoms. The van der Waals surface area contributed by atoms with Gasteiger partial charge in [0.25, 0.3) is 23.9 Å². The Labute approximate surface area is 130 Å². The van der Waals surface area contributed by atoms with Gasteiger partial charge < -0.3 is 17.7 Å². The Morgan fingerprint density at radius 3 is 1.36 bits per heavy atom. The molecule has 0 fully saturated rings. The van der Waals surface area contributed by atoms with Crippen LogP contribution in [0.2, 0.25) is 12.2 Å². The zero-order valence-electron chi connectivity index (χ0n) is 13.3. The van der Waals surface area contributed by atoms with Crippen molar-refractivity contribution in [1.82, 2.24) is 0 Å². The standard InChI is InChI=1S/C12H20O8Si2/c1-7-22(19-11(4)15,20-12(5)16)8-21(6,17-9(2)13)18-10(3)14/h7H,1,8H2,2-6H3. The zero-order valence-corrected chi connectivity index (χ0v) is 15.3. The Bertz CT molecular complexity index is 456. The molecule has 0 heterocycles. The van der Waals surface area contributed by atoms with Crippen LogP contribution in [-0.4, -0.2) is 41.0 Å².